The number of nitrogens with zero attached hydrogens (tertiary/aromatic N) is 4. The molecule has 0 fully saturated rings. The Morgan fingerprint density at radius 3 is 2.85 bits per heavy atom. The summed E-state index contributed by atoms with van der Waals surface area (Å²) in [5.74, 6) is -0.207. The Hall–Kier alpha value is -2.73. The first kappa shape index (κ1) is 16.7. The molecule has 1 N–H and O–H groups in total. The number of amides is 1. The Balaban J connectivity index is 1.53. The van der Waals surface area contributed by atoms with Gasteiger partial charge in [0, 0.05) is 28.7 Å². The highest BCUT2D eigenvalue weighted by atomic mass is 35.5. The molecule has 1 amide bonds. The normalized spacial score (nSPS) is 16.1. The minimum Gasteiger partial charge on any atom is -0.344 e. The molecule has 1 unspecified atom stereocenters. The van der Waals surface area contributed by atoms with Crippen molar-refractivity contribution in [3.8, 4) is 0 Å². The number of hydrogen-bond acceptors (Lipinski definition) is 4. The molecule has 3 aromatic rings. The molecule has 132 valence electrons. The lowest BCUT2D eigenvalue weighted by Crippen LogP contribution is -2.31. The second-order valence-corrected chi connectivity index (χ2v) is 6.78. The molecule has 1 atom stereocenters. The van der Waals surface area contributed by atoms with Gasteiger partial charge in [-0.25, -0.2) is 4.98 Å². The lowest BCUT2D eigenvalue weighted by atomic mass is 9.92. The van der Waals surface area contributed by atoms with Crippen molar-refractivity contribution in [2.75, 3.05) is 0 Å². The molecule has 0 spiro atoms. The van der Waals surface area contributed by atoms with Crippen LogP contribution in [-0.2, 0) is 13.0 Å². The fourth-order valence-electron chi connectivity index (χ4n) is 3.32. The highest BCUT2D eigenvalue weighted by Gasteiger charge is 2.26. The maximum absolute atomic E-state index is 12.4. The molecule has 0 saturated carbocycles. The minimum atomic E-state index is -0.207. The van der Waals surface area contributed by atoms with Crippen LogP contribution in [0.15, 0.2) is 49.1 Å². The standard InChI is InChI=1S/C19H18ClN5O/c20-14-6-4-13(5-7-14)12-25-18-3-1-2-16(15(18)10-23-25)24-19(26)17-11-21-8-9-22-17/h4-11,16H,1-3,12H2,(H,24,26). The second-order valence-electron chi connectivity index (χ2n) is 6.34. The van der Waals surface area contributed by atoms with Gasteiger partial charge in [0.25, 0.3) is 5.91 Å². The van der Waals surface area contributed by atoms with E-state index in [0.29, 0.717) is 12.2 Å². The number of benzene rings is 1. The summed E-state index contributed by atoms with van der Waals surface area (Å²) in [6, 6.07) is 7.74. The Morgan fingerprint density at radius 2 is 2.08 bits per heavy atom. The molecule has 7 heteroatoms. The van der Waals surface area contributed by atoms with Crippen LogP contribution in [0.4, 0.5) is 0 Å². The third-order valence-electron chi connectivity index (χ3n) is 4.61. The number of fused-ring (bicyclic) bond motifs is 1. The Kier molecular flexibility index (Phi) is 4.67. The fraction of sp³-hybridized carbons (Fsp3) is 0.263. The van der Waals surface area contributed by atoms with Crippen molar-refractivity contribution in [3.05, 3.63) is 76.6 Å². The van der Waals surface area contributed by atoms with E-state index in [9.17, 15) is 4.79 Å². The van der Waals surface area contributed by atoms with Crippen molar-refractivity contribution in [2.24, 2.45) is 0 Å². The van der Waals surface area contributed by atoms with E-state index in [1.165, 1.54) is 18.1 Å². The minimum absolute atomic E-state index is 0.0489. The quantitative estimate of drug-likeness (QED) is 0.768. The zero-order valence-electron chi connectivity index (χ0n) is 14.1. The van der Waals surface area contributed by atoms with E-state index in [1.807, 2.05) is 35.1 Å². The summed E-state index contributed by atoms with van der Waals surface area (Å²) < 4.78 is 2.01. The summed E-state index contributed by atoms with van der Waals surface area (Å²) in [4.78, 5) is 20.4. The van der Waals surface area contributed by atoms with Crippen LogP contribution < -0.4 is 5.32 Å². The summed E-state index contributed by atoms with van der Waals surface area (Å²) in [6.45, 7) is 0.692. The lowest BCUT2D eigenvalue weighted by Gasteiger charge is -2.24. The van der Waals surface area contributed by atoms with Gasteiger partial charge in [-0.05, 0) is 37.0 Å². The number of rotatable bonds is 4. The third kappa shape index (κ3) is 3.46. The van der Waals surface area contributed by atoms with Crippen LogP contribution in [0.25, 0.3) is 0 Å². The molecule has 1 aromatic carbocycles. The fourth-order valence-corrected chi connectivity index (χ4v) is 3.44. The van der Waals surface area contributed by atoms with Crippen LogP contribution in [0.3, 0.4) is 0 Å². The first-order valence-electron chi connectivity index (χ1n) is 8.56. The van der Waals surface area contributed by atoms with Gasteiger partial charge in [0.1, 0.15) is 5.69 Å². The Bertz CT molecular complexity index is 907. The Labute approximate surface area is 156 Å². The summed E-state index contributed by atoms with van der Waals surface area (Å²) in [5, 5.41) is 8.34. The van der Waals surface area contributed by atoms with Crippen LogP contribution >= 0.6 is 11.6 Å². The molecule has 1 aliphatic carbocycles. The maximum Gasteiger partial charge on any atom is 0.271 e. The van der Waals surface area contributed by atoms with E-state index in [-0.39, 0.29) is 11.9 Å². The van der Waals surface area contributed by atoms with E-state index >= 15 is 0 Å². The summed E-state index contributed by atoms with van der Waals surface area (Å²) >= 11 is 5.95. The van der Waals surface area contributed by atoms with Crippen molar-refractivity contribution in [2.45, 2.75) is 31.8 Å². The van der Waals surface area contributed by atoms with Crippen molar-refractivity contribution < 1.29 is 4.79 Å². The van der Waals surface area contributed by atoms with Crippen molar-refractivity contribution in [1.29, 1.82) is 0 Å². The van der Waals surface area contributed by atoms with E-state index in [0.717, 1.165) is 35.4 Å². The largest absolute Gasteiger partial charge is 0.344 e. The molecule has 2 heterocycles. The van der Waals surface area contributed by atoms with E-state index < -0.39 is 0 Å². The van der Waals surface area contributed by atoms with Gasteiger partial charge in [0.05, 0.1) is 25.0 Å². The number of aromatic nitrogens is 4. The van der Waals surface area contributed by atoms with Gasteiger partial charge in [-0.15, -0.1) is 0 Å². The topological polar surface area (TPSA) is 72.7 Å². The van der Waals surface area contributed by atoms with Crippen molar-refractivity contribution >= 4 is 17.5 Å². The summed E-state index contributed by atoms with van der Waals surface area (Å²) in [7, 11) is 0. The zero-order chi connectivity index (χ0) is 17.9. The van der Waals surface area contributed by atoms with Crippen LogP contribution in [-0.4, -0.2) is 25.7 Å². The van der Waals surface area contributed by atoms with Crippen LogP contribution in [0.1, 0.15) is 46.2 Å². The molecule has 0 aliphatic heterocycles. The molecule has 0 radical (unpaired) electrons. The first-order chi connectivity index (χ1) is 12.7. The van der Waals surface area contributed by atoms with E-state index in [1.54, 1.807) is 6.20 Å². The highest BCUT2D eigenvalue weighted by molar-refractivity contribution is 6.30. The van der Waals surface area contributed by atoms with Crippen molar-refractivity contribution in [3.63, 3.8) is 0 Å². The molecule has 0 bridgehead atoms. The molecule has 1 aliphatic rings. The number of carbonyl (C=O) groups is 1. The summed E-state index contributed by atoms with van der Waals surface area (Å²) in [5.41, 5.74) is 3.73. The molecular formula is C19H18ClN5O. The predicted molar refractivity (Wildman–Crippen MR) is 98.0 cm³/mol. The smallest absolute Gasteiger partial charge is 0.271 e. The van der Waals surface area contributed by atoms with Crippen LogP contribution in [0.5, 0.6) is 0 Å². The van der Waals surface area contributed by atoms with Gasteiger partial charge in [0.2, 0.25) is 0 Å². The predicted octanol–water partition coefficient (Wildman–Crippen LogP) is 3.18. The Morgan fingerprint density at radius 1 is 1.23 bits per heavy atom. The average molecular weight is 368 g/mol. The van der Waals surface area contributed by atoms with Gasteiger partial charge < -0.3 is 5.32 Å². The van der Waals surface area contributed by atoms with Gasteiger partial charge in [-0.2, -0.15) is 5.10 Å². The van der Waals surface area contributed by atoms with Crippen molar-refractivity contribution in [1.82, 2.24) is 25.1 Å². The van der Waals surface area contributed by atoms with E-state index in [4.69, 9.17) is 11.6 Å². The first-order valence-corrected chi connectivity index (χ1v) is 8.94. The van der Waals surface area contributed by atoms with Gasteiger partial charge in [0.15, 0.2) is 0 Å². The van der Waals surface area contributed by atoms with Crippen LogP contribution in [0.2, 0.25) is 5.02 Å². The SMILES string of the molecule is O=C(NC1CCCc2c1cnn2Cc1ccc(Cl)cc1)c1cnccn1. The maximum atomic E-state index is 12.4. The second kappa shape index (κ2) is 7.25. The molecule has 26 heavy (non-hydrogen) atoms. The highest BCUT2D eigenvalue weighted by Crippen LogP contribution is 2.30. The molecular weight excluding hydrogens is 350 g/mol. The number of hydrogen-bond donors (Lipinski definition) is 1. The number of nitrogens with one attached hydrogen (secondary N) is 1. The molecule has 2 aromatic heterocycles. The third-order valence-corrected chi connectivity index (χ3v) is 4.86. The summed E-state index contributed by atoms with van der Waals surface area (Å²) in [6.07, 6.45) is 9.27. The number of carbonyl (C=O) groups excluding carboxylic acids is 1. The number of halogens is 1. The van der Waals surface area contributed by atoms with Crippen LogP contribution in [0, 0.1) is 0 Å². The van der Waals surface area contributed by atoms with Gasteiger partial charge in [-0.3, -0.25) is 14.5 Å². The molecule has 6 nitrogen and oxygen atoms in total. The average Bonchev–Trinajstić information content (AvgIpc) is 3.08. The van der Waals surface area contributed by atoms with Gasteiger partial charge in [-0.1, -0.05) is 23.7 Å². The molecule has 4 rings (SSSR count). The monoisotopic (exact) mass is 367 g/mol. The van der Waals surface area contributed by atoms with Gasteiger partial charge >= 0.3 is 0 Å². The lowest BCUT2D eigenvalue weighted by molar-refractivity contribution is 0.0927. The zero-order valence-corrected chi connectivity index (χ0v) is 14.9. The van der Waals surface area contributed by atoms with E-state index in [2.05, 4.69) is 20.4 Å². The molecule has 0 saturated heterocycles.